The maximum Gasteiger partial charge on any atom is 0.228 e. The largest absolute Gasteiger partial charge is 0.324 e. The summed E-state index contributed by atoms with van der Waals surface area (Å²) >= 11 is 5.81. The van der Waals surface area contributed by atoms with Crippen molar-refractivity contribution >= 4 is 34.1 Å². The molecule has 2 aliphatic rings. The number of benzene rings is 1. The number of nitrogens with one attached hydrogen (secondary N) is 1. The monoisotopic (exact) mass is 423 g/mol. The minimum Gasteiger partial charge on any atom is -0.324 e. The van der Waals surface area contributed by atoms with Crippen LogP contribution in [0.3, 0.4) is 0 Å². The van der Waals surface area contributed by atoms with Crippen LogP contribution < -0.4 is 5.32 Å². The molecule has 6 heteroatoms. The molecule has 5 rings (SSSR count). The van der Waals surface area contributed by atoms with E-state index in [-0.39, 0.29) is 23.1 Å². The highest BCUT2D eigenvalue weighted by atomic mass is 35.5. The fourth-order valence-electron chi connectivity index (χ4n) is 5.10. The summed E-state index contributed by atoms with van der Waals surface area (Å²) in [5.74, 6) is 0.334. The highest BCUT2D eigenvalue weighted by Crippen LogP contribution is 2.63. The second-order valence-electron chi connectivity index (χ2n) is 8.77. The molecule has 1 atom stereocenters. The van der Waals surface area contributed by atoms with E-state index >= 15 is 0 Å². The lowest BCUT2D eigenvalue weighted by Crippen LogP contribution is -2.22. The van der Waals surface area contributed by atoms with E-state index in [0.717, 1.165) is 43.0 Å². The fourth-order valence-corrected chi connectivity index (χ4v) is 5.21. The molecule has 1 unspecified atom stereocenters. The topological polar surface area (TPSA) is 54.9 Å². The van der Waals surface area contributed by atoms with Gasteiger partial charge in [-0.15, -0.1) is 0 Å². The van der Waals surface area contributed by atoms with Gasteiger partial charge < -0.3 is 5.32 Å². The summed E-state index contributed by atoms with van der Waals surface area (Å²) in [4.78, 5) is 21.1. The van der Waals surface area contributed by atoms with Gasteiger partial charge in [0.1, 0.15) is 11.0 Å². The van der Waals surface area contributed by atoms with Gasteiger partial charge in [-0.2, -0.15) is 0 Å². The summed E-state index contributed by atoms with van der Waals surface area (Å²) in [5.41, 5.74) is 3.46. The highest BCUT2D eigenvalue weighted by Gasteiger charge is 2.58. The zero-order chi connectivity index (χ0) is 20.9. The minimum absolute atomic E-state index is 0.0587. The molecule has 2 aliphatic carbocycles. The Bertz CT molecular complexity index is 1120. The van der Waals surface area contributed by atoms with Gasteiger partial charge >= 0.3 is 0 Å². The maximum atomic E-state index is 14.2. The van der Waals surface area contributed by atoms with Crippen molar-refractivity contribution in [2.45, 2.75) is 44.9 Å². The van der Waals surface area contributed by atoms with Gasteiger partial charge in [-0.05, 0) is 91.8 Å². The van der Waals surface area contributed by atoms with Gasteiger partial charge in [-0.25, -0.2) is 9.37 Å². The van der Waals surface area contributed by atoms with Crippen molar-refractivity contribution in [3.8, 4) is 0 Å². The molecule has 30 heavy (non-hydrogen) atoms. The smallest absolute Gasteiger partial charge is 0.228 e. The molecule has 2 aromatic heterocycles. The summed E-state index contributed by atoms with van der Waals surface area (Å²) in [6.45, 7) is 1.77. The average Bonchev–Trinajstić information content (AvgIpc) is 3.44. The normalized spacial score (nSPS) is 25.4. The fraction of sp³-hybridized carbons (Fsp3) is 0.375. The number of aryl methyl sites for hydroxylation is 1. The zero-order valence-corrected chi connectivity index (χ0v) is 17.5. The van der Waals surface area contributed by atoms with Gasteiger partial charge in [0, 0.05) is 17.5 Å². The number of carbonyl (C=O) groups excluding carboxylic acids is 1. The lowest BCUT2D eigenvalue weighted by Gasteiger charge is -2.30. The van der Waals surface area contributed by atoms with E-state index in [9.17, 15) is 9.18 Å². The van der Waals surface area contributed by atoms with Crippen molar-refractivity contribution in [1.82, 2.24) is 9.97 Å². The lowest BCUT2D eigenvalue weighted by atomic mass is 9.75. The van der Waals surface area contributed by atoms with Crippen LogP contribution in [-0.4, -0.2) is 15.9 Å². The van der Waals surface area contributed by atoms with Gasteiger partial charge in [0.2, 0.25) is 5.91 Å². The third-order valence-electron chi connectivity index (χ3n) is 6.98. The summed E-state index contributed by atoms with van der Waals surface area (Å²) in [7, 11) is 0. The summed E-state index contributed by atoms with van der Waals surface area (Å²) in [6, 6.07) is 8.93. The Hall–Kier alpha value is -2.53. The minimum atomic E-state index is -0.181. The molecule has 0 bridgehead atoms. The van der Waals surface area contributed by atoms with E-state index in [1.165, 1.54) is 5.56 Å². The molecule has 1 aromatic carbocycles. The third-order valence-corrected chi connectivity index (χ3v) is 7.20. The van der Waals surface area contributed by atoms with Crippen LogP contribution in [0.5, 0.6) is 0 Å². The number of hydrogen-bond donors (Lipinski definition) is 1. The number of amides is 1. The first-order valence-electron chi connectivity index (χ1n) is 10.4. The van der Waals surface area contributed by atoms with Gasteiger partial charge in [-0.1, -0.05) is 11.6 Å². The third kappa shape index (κ3) is 3.45. The number of carbonyl (C=O) groups is 1. The van der Waals surface area contributed by atoms with Crippen LogP contribution in [0.1, 0.15) is 49.1 Å². The van der Waals surface area contributed by atoms with Gasteiger partial charge in [0.25, 0.3) is 0 Å². The van der Waals surface area contributed by atoms with Crippen molar-refractivity contribution in [3.05, 3.63) is 64.8 Å². The number of anilines is 1. The van der Waals surface area contributed by atoms with E-state index in [0.29, 0.717) is 22.3 Å². The van der Waals surface area contributed by atoms with Crippen molar-refractivity contribution in [2.24, 2.45) is 11.3 Å². The molecule has 154 valence electrons. The second kappa shape index (κ2) is 7.31. The van der Waals surface area contributed by atoms with Crippen molar-refractivity contribution in [3.63, 3.8) is 0 Å². The van der Waals surface area contributed by atoms with Crippen LogP contribution in [0, 0.1) is 24.1 Å². The van der Waals surface area contributed by atoms with Crippen molar-refractivity contribution in [2.75, 3.05) is 5.32 Å². The highest BCUT2D eigenvalue weighted by molar-refractivity contribution is 6.29. The van der Waals surface area contributed by atoms with Crippen molar-refractivity contribution in [1.29, 1.82) is 0 Å². The van der Waals surface area contributed by atoms with Gasteiger partial charge in [0.05, 0.1) is 17.4 Å². The number of aromatic nitrogens is 2. The Morgan fingerprint density at radius 1 is 1.20 bits per heavy atom. The number of hydrogen-bond acceptors (Lipinski definition) is 3. The molecule has 2 fully saturated rings. The Kier molecular flexibility index (Phi) is 4.73. The summed E-state index contributed by atoms with van der Waals surface area (Å²) in [5, 5.41) is 4.30. The molecular formula is C24H23ClFN3O. The SMILES string of the molecule is Cc1cc2nccc(C3CCC4(CC3)CC4C(=O)Nc3ccc(Cl)nc3)c2cc1F. The van der Waals surface area contributed by atoms with Crippen LogP contribution in [0.4, 0.5) is 10.1 Å². The molecule has 0 radical (unpaired) electrons. The molecule has 1 amide bonds. The molecule has 4 nitrogen and oxygen atoms in total. The summed E-state index contributed by atoms with van der Waals surface area (Å²) in [6.07, 6.45) is 8.42. The molecule has 1 spiro atoms. The van der Waals surface area contributed by atoms with Crippen LogP contribution in [-0.2, 0) is 4.79 Å². The van der Waals surface area contributed by atoms with Gasteiger partial charge in [0.15, 0.2) is 0 Å². The van der Waals surface area contributed by atoms with Crippen molar-refractivity contribution < 1.29 is 9.18 Å². The first-order chi connectivity index (χ1) is 14.4. The molecule has 3 aromatic rings. The number of rotatable bonds is 3. The average molecular weight is 424 g/mol. The van der Waals surface area contributed by atoms with Crippen LogP contribution in [0.15, 0.2) is 42.7 Å². The predicted octanol–water partition coefficient (Wildman–Crippen LogP) is 6.03. The number of nitrogens with zero attached hydrogens (tertiary/aromatic N) is 2. The molecular weight excluding hydrogens is 401 g/mol. The predicted molar refractivity (Wildman–Crippen MR) is 116 cm³/mol. The van der Waals surface area contributed by atoms with Gasteiger partial charge in [-0.3, -0.25) is 9.78 Å². The molecule has 2 heterocycles. The number of halogens is 2. The first kappa shape index (κ1) is 19.4. The van der Waals surface area contributed by atoms with Crippen LogP contribution in [0.2, 0.25) is 5.15 Å². The molecule has 0 saturated heterocycles. The maximum absolute atomic E-state index is 14.2. The van der Waals surface area contributed by atoms with E-state index in [2.05, 4.69) is 15.3 Å². The van der Waals surface area contributed by atoms with E-state index in [1.807, 2.05) is 18.3 Å². The Morgan fingerprint density at radius 3 is 2.73 bits per heavy atom. The Labute approximate surface area is 179 Å². The number of pyridine rings is 2. The molecule has 2 saturated carbocycles. The number of fused-ring (bicyclic) bond motifs is 1. The summed E-state index contributed by atoms with van der Waals surface area (Å²) < 4.78 is 14.2. The van der Waals surface area contributed by atoms with Crippen LogP contribution in [0.25, 0.3) is 10.9 Å². The molecule has 1 N–H and O–H groups in total. The molecule has 0 aliphatic heterocycles. The Balaban J connectivity index is 1.27. The lowest BCUT2D eigenvalue weighted by molar-refractivity contribution is -0.118. The van der Waals surface area contributed by atoms with Crippen LogP contribution >= 0.6 is 11.6 Å². The first-order valence-corrected chi connectivity index (χ1v) is 10.8. The quantitative estimate of drug-likeness (QED) is 0.523. The standard InChI is InChI=1S/C24H23ClFN3O/c1-14-10-21-18(11-20(14)26)17(6-9-27-21)15-4-7-24(8-5-15)12-19(24)23(30)29-16-2-3-22(25)28-13-16/h2-3,6,9-11,13,15,19H,4-5,7-8,12H2,1H3,(H,29,30). The zero-order valence-electron chi connectivity index (χ0n) is 16.8. The Morgan fingerprint density at radius 2 is 2.00 bits per heavy atom. The second-order valence-corrected chi connectivity index (χ2v) is 9.16. The van der Waals surface area contributed by atoms with E-state index in [1.54, 1.807) is 31.3 Å². The van der Waals surface area contributed by atoms with E-state index < -0.39 is 0 Å². The van der Waals surface area contributed by atoms with E-state index in [4.69, 9.17) is 11.6 Å².